The molecule has 0 aliphatic rings. The second kappa shape index (κ2) is 7.11. The number of rotatable bonds is 6. The zero-order valence-electron chi connectivity index (χ0n) is 13.4. The fraction of sp³-hybridized carbons (Fsp3) is 0.294. The topological polar surface area (TPSA) is 59.7 Å². The first-order chi connectivity index (χ1) is 11.3. The zero-order valence-corrected chi connectivity index (χ0v) is 13.4. The SMILES string of the molecule is CCN(Cc1ccccn1)C(C)c1nnnn1-c1ccccc1. The molecule has 0 aliphatic heterocycles. The van der Waals surface area contributed by atoms with Gasteiger partial charge in [-0.25, -0.2) is 0 Å². The van der Waals surface area contributed by atoms with E-state index in [1.165, 1.54) is 0 Å². The minimum Gasteiger partial charge on any atom is -0.288 e. The van der Waals surface area contributed by atoms with Crippen molar-refractivity contribution in [2.75, 3.05) is 6.54 Å². The van der Waals surface area contributed by atoms with Gasteiger partial charge in [-0.05, 0) is 48.2 Å². The second-order valence-electron chi connectivity index (χ2n) is 5.34. The van der Waals surface area contributed by atoms with Crippen LogP contribution in [0.1, 0.15) is 31.4 Å². The van der Waals surface area contributed by atoms with Crippen molar-refractivity contribution in [2.45, 2.75) is 26.4 Å². The van der Waals surface area contributed by atoms with Gasteiger partial charge in [-0.3, -0.25) is 9.88 Å². The van der Waals surface area contributed by atoms with Crippen LogP contribution in [0.5, 0.6) is 0 Å². The number of pyridine rings is 1. The lowest BCUT2D eigenvalue weighted by molar-refractivity contribution is 0.200. The van der Waals surface area contributed by atoms with Crippen molar-refractivity contribution in [3.05, 3.63) is 66.2 Å². The normalized spacial score (nSPS) is 12.5. The van der Waals surface area contributed by atoms with E-state index in [4.69, 9.17) is 0 Å². The first kappa shape index (κ1) is 15.3. The van der Waals surface area contributed by atoms with Crippen LogP contribution >= 0.6 is 0 Å². The summed E-state index contributed by atoms with van der Waals surface area (Å²) in [6, 6.07) is 16.0. The number of benzene rings is 1. The molecule has 0 fully saturated rings. The van der Waals surface area contributed by atoms with Gasteiger partial charge >= 0.3 is 0 Å². The Kier molecular flexibility index (Phi) is 4.73. The number of aromatic nitrogens is 5. The average molecular weight is 308 g/mol. The van der Waals surface area contributed by atoms with Gasteiger partial charge in [-0.1, -0.05) is 31.2 Å². The highest BCUT2D eigenvalue weighted by atomic mass is 15.6. The van der Waals surface area contributed by atoms with E-state index in [9.17, 15) is 0 Å². The highest BCUT2D eigenvalue weighted by molar-refractivity contribution is 5.30. The van der Waals surface area contributed by atoms with Crippen LogP contribution in [0.2, 0.25) is 0 Å². The first-order valence-corrected chi connectivity index (χ1v) is 7.77. The lowest BCUT2D eigenvalue weighted by atomic mass is 10.2. The summed E-state index contributed by atoms with van der Waals surface area (Å²) in [4.78, 5) is 6.71. The van der Waals surface area contributed by atoms with Crippen molar-refractivity contribution in [3.8, 4) is 5.69 Å². The van der Waals surface area contributed by atoms with Gasteiger partial charge in [0.2, 0.25) is 0 Å². The molecule has 118 valence electrons. The molecule has 0 aliphatic carbocycles. The molecule has 2 heterocycles. The number of hydrogen-bond acceptors (Lipinski definition) is 5. The summed E-state index contributed by atoms with van der Waals surface area (Å²) in [5, 5.41) is 12.3. The summed E-state index contributed by atoms with van der Waals surface area (Å²) in [6.07, 6.45) is 1.82. The summed E-state index contributed by atoms with van der Waals surface area (Å²) in [5.74, 6) is 0.828. The van der Waals surface area contributed by atoms with Crippen molar-refractivity contribution in [1.29, 1.82) is 0 Å². The van der Waals surface area contributed by atoms with Crippen molar-refractivity contribution in [1.82, 2.24) is 30.1 Å². The van der Waals surface area contributed by atoms with Gasteiger partial charge in [0.1, 0.15) is 0 Å². The van der Waals surface area contributed by atoms with E-state index in [0.29, 0.717) is 0 Å². The van der Waals surface area contributed by atoms with E-state index in [1.807, 2.05) is 54.7 Å². The number of nitrogens with zero attached hydrogens (tertiary/aromatic N) is 6. The first-order valence-electron chi connectivity index (χ1n) is 7.77. The molecule has 6 heteroatoms. The predicted molar refractivity (Wildman–Crippen MR) is 87.9 cm³/mol. The molecule has 0 saturated heterocycles. The Morgan fingerprint density at radius 2 is 1.87 bits per heavy atom. The zero-order chi connectivity index (χ0) is 16.1. The Bertz CT molecular complexity index is 725. The maximum Gasteiger partial charge on any atom is 0.173 e. The van der Waals surface area contributed by atoms with Crippen LogP contribution in [0.3, 0.4) is 0 Å². The summed E-state index contributed by atoms with van der Waals surface area (Å²) in [5.41, 5.74) is 2.01. The van der Waals surface area contributed by atoms with Crippen LogP contribution < -0.4 is 0 Å². The second-order valence-corrected chi connectivity index (χ2v) is 5.34. The number of tetrazole rings is 1. The van der Waals surface area contributed by atoms with Crippen molar-refractivity contribution in [3.63, 3.8) is 0 Å². The lowest BCUT2D eigenvalue weighted by Gasteiger charge is -2.26. The van der Waals surface area contributed by atoms with Crippen LogP contribution in [0.15, 0.2) is 54.7 Å². The van der Waals surface area contributed by atoms with Crippen LogP contribution in [-0.2, 0) is 6.54 Å². The standard InChI is InChI=1S/C17H20N6/c1-3-22(13-15-9-7-8-12-18-15)14(2)17-19-20-21-23(17)16-10-5-4-6-11-16/h4-12,14H,3,13H2,1-2H3. The summed E-state index contributed by atoms with van der Waals surface area (Å²) < 4.78 is 1.80. The van der Waals surface area contributed by atoms with Gasteiger partial charge in [-0.2, -0.15) is 4.68 Å². The van der Waals surface area contributed by atoms with Crippen molar-refractivity contribution in [2.24, 2.45) is 0 Å². The molecule has 1 aromatic carbocycles. The summed E-state index contributed by atoms with van der Waals surface area (Å²) in [6.45, 7) is 5.91. The van der Waals surface area contributed by atoms with Crippen LogP contribution in [0.4, 0.5) is 0 Å². The maximum atomic E-state index is 4.41. The van der Waals surface area contributed by atoms with E-state index in [0.717, 1.165) is 30.3 Å². The Hall–Kier alpha value is -2.60. The summed E-state index contributed by atoms with van der Waals surface area (Å²) >= 11 is 0. The van der Waals surface area contributed by atoms with Crippen LogP contribution in [0, 0.1) is 0 Å². The van der Waals surface area contributed by atoms with E-state index in [-0.39, 0.29) is 6.04 Å². The molecule has 1 atom stereocenters. The Labute approximate surface area is 135 Å². The third-order valence-electron chi connectivity index (χ3n) is 3.91. The monoisotopic (exact) mass is 308 g/mol. The average Bonchev–Trinajstić information content (AvgIpc) is 3.10. The summed E-state index contributed by atoms with van der Waals surface area (Å²) in [7, 11) is 0. The van der Waals surface area contributed by atoms with Crippen molar-refractivity contribution < 1.29 is 0 Å². The lowest BCUT2D eigenvalue weighted by Crippen LogP contribution is -2.29. The highest BCUT2D eigenvalue weighted by Crippen LogP contribution is 2.21. The predicted octanol–water partition coefficient (Wildman–Crippen LogP) is 2.64. The molecule has 0 spiro atoms. The number of hydrogen-bond donors (Lipinski definition) is 0. The van der Waals surface area contributed by atoms with E-state index in [1.54, 1.807) is 4.68 Å². The Morgan fingerprint density at radius 3 is 2.57 bits per heavy atom. The molecule has 3 aromatic rings. The smallest absolute Gasteiger partial charge is 0.173 e. The third-order valence-corrected chi connectivity index (χ3v) is 3.91. The molecule has 23 heavy (non-hydrogen) atoms. The Balaban J connectivity index is 1.85. The minimum atomic E-state index is 0.0808. The molecule has 0 amide bonds. The quantitative estimate of drug-likeness (QED) is 0.700. The third kappa shape index (κ3) is 3.43. The van der Waals surface area contributed by atoms with Gasteiger partial charge in [0, 0.05) is 12.7 Å². The van der Waals surface area contributed by atoms with Crippen LogP contribution in [0.25, 0.3) is 5.69 Å². The largest absolute Gasteiger partial charge is 0.288 e. The maximum absolute atomic E-state index is 4.41. The molecule has 0 N–H and O–H groups in total. The molecule has 2 aromatic heterocycles. The highest BCUT2D eigenvalue weighted by Gasteiger charge is 2.21. The van der Waals surface area contributed by atoms with Crippen molar-refractivity contribution >= 4 is 0 Å². The minimum absolute atomic E-state index is 0.0808. The fourth-order valence-corrected chi connectivity index (χ4v) is 2.59. The molecule has 6 nitrogen and oxygen atoms in total. The molecule has 0 saturated carbocycles. The van der Waals surface area contributed by atoms with E-state index >= 15 is 0 Å². The fourth-order valence-electron chi connectivity index (χ4n) is 2.59. The van der Waals surface area contributed by atoms with E-state index in [2.05, 4.69) is 39.3 Å². The van der Waals surface area contributed by atoms with E-state index < -0.39 is 0 Å². The molecule has 0 bridgehead atoms. The van der Waals surface area contributed by atoms with Gasteiger partial charge in [-0.15, -0.1) is 5.10 Å². The molecule has 0 radical (unpaired) electrons. The van der Waals surface area contributed by atoms with Crippen LogP contribution in [-0.4, -0.2) is 36.6 Å². The van der Waals surface area contributed by atoms with Gasteiger partial charge < -0.3 is 0 Å². The number of para-hydroxylation sites is 1. The van der Waals surface area contributed by atoms with Gasteiger partial charge in [0.25, 0.3) is 0 Å². The van der Waals surface area contributed by atoms with Gasteiger partial charge in [0.05, 0.1) is 17.4 Å². The van der Waals surface area contributed by atoms with Gasteiger partial charge in [0.15, 0.2) is 5.82 Å². The molecule has 1 unspecified atom stereocenters. The molecular weight excluding hydrogens is 288 g/mol. The Morgan fingerprint density at radius 1 is 1.09 bits per heavy atom. The molecular formula is C17H20N6. The molecule has 3 rings (SSSR count).